The Morgan fingerprint density at radius 2 is 1.58 bits per heavy atom. The lowest BCUT2D eigenvalue weighted by molar-refractivity contribution is -0.131. The number of rotatable bonds is 15. The molecule has 0 aliphatic carbocycles. The molecule has 0 heterocycles. The van der Waals surface area contributed by atoms with Crippen LogP contribution < -0.4 is 33.2 Å². The maximum absolute atomic E-state index is 13.6. The number of carbonyl (C=O) groups is 5. The van der Waals surface area contributed by atoms with Crippen molar-refractivity contribution in [2.45, 2.75) is 57.2 Å². The van der Waals surface area contributed by atoms with E-state index in [9.17, 15) is 32.8 Å². The van der Waals surface area contributed by atoms with Crippen molar-refractivity contribution >= 4 is 35.6 Å². The molecule has 1 aromatic carbocycles. The van der Waals surface area contributed by atoms with Crippen LogP contribution in [-0.2, 0) is 24.0 Å². The highest BCUT2D eigenvalue weighted by Gasteiger charge is 2.24. The smallest absolute Gasteiger partial charge is 0.244 e. The van der Waals surface area contributed by atoms with Gasteiger partial charge in [0.15, 0.2) is 0 Å². The van der Waals surface area contributed by atoms with Gasteiger partial charge in [-0.3, -0.25) is 24.0 Å². The number of nitrogens with two attached hydrogens (primary N) is 3. The van der Waals surface area contributed by atoms with E-state index in [1.54, 1.807) is 0 Å². The van der Waals surface area contributed by atoms with Crippen LogP contribution in [0.1, 0.15) is 44.6 Å². The standard InChI is InChI=1S/C23H32F2N6O5/c1-13(29-19(32)9-6-14-5-7-15(24)12-16(14)25)23(36)31-18(22(28)35)8-10-20(33)30-17(21(27)34)4-2-3-11-26/h5-7,9,12-13,17-18H,2-4,8,10-11,26H2,1H3,(H2,27,34)(H2,28,35)(H,29,32)(H,30,33)(H,31,36)/b9-6+/t13?,17?,18-/m0/s1. The minimum absolute atomic E-state index is 0.0336. The van der Waals surface area contributed by atoms with Crippen LogP contribution in [0.4, 0.5) is 8.78 Å². The first-order valence-electron chi connectivity index (χ1n) is 11.3. The average molecular weight is 511 g/mol. The monoisotopic (exact) mass is 510 g/mol. The second-order valence-electron chi connectivity index (χ2n) is 8.04. The molecule has 0 aliphatic rings. The number of primary amides is 2. The van der Waals surface area contributed by atoms with E-state index in [1.807, 2.05) is 0 Å². The summed E-state index contributed by atoms with van der Waals surface area (Å²) in [6, 6.07) is -0.403. The zero-order valence-electron chi connectivity index (χ0n) is 19.9. The van der Waals surface area contributed by atoms with Gasteiger partial charge in [-0.05, 0) is 57.4 Å². The molecule has 0 aliphatic heterocycles. The molecule has 36 heavy (non-hydrogen) atoms. The molecule has 0 aromatic heterocycles. The molecule has 1 aromatic rings. The summed E-state index contributed by atoms with van der Waals surface area (Å²) in [7, 11) is 0. The third-order valence-corrected chi connectivity index (χ3v) is 5.07. The Balaban J connectivity index is 2.60. The number of carbonyl (C=O) groups excluding carboxylic acids is 5. The molecule has 5 amide bonds. The molecule has 3 atom stereocenters. The predicted molar refractivity (Wildman–Crippen MR) is 127 cm³/mol. The Morgan fingerprint density at radius 1 is 0.944 bits per heavy atom. The second kappa shape index (κ2) is 15.2. The van der Waals surface area contributed by atoms with Gasteiger partial charge >= 0.3 is 0 Å². The fourth-order valence-electron chi connectivity index (χ4n) is 3.03. The average Bonchev–Trinajstić information content (AvgIpc) is 2.80. The first kappa shape index (κ1) is 30.2. The van der Waals surface area contributed by atoms with Crippen LogP contribution in [0.2, 0.25) is 0 Å². The van der Waals surface area contributed by atoms with Gasteiger partial charge in [-0.25, -0.2) is 8.78 Å². The number of hydrogen-bond donors (Lipinski definition) is 6. The van der Waals surface area contributed by atoms with E-state index in [-0.39, 0.29) is 18.4 Å². The van der Waals surface area contributed by atoms with Crippen LogP contribution in [0.15, 0.2) is 24.3 Å². The Kier molecular flexibility index (Phi) is 12.7. The number of nitrogens with one attached hydrogen (secondary N) is 3. The maximum atomic E-state index is 13.6. The summed E-state index contributed by atoms with van der Waals surface area (Å²) in [5.74, 6) is -5.32. The van der Waals surface area contributed by atoms with Crippen LogP contribution in [0.3, 0.4) is 0 Å². The van der Waals surface area contributed by atoms with Crippen LogP contribution >= 0.6 is 0 Å². The van der Waals surface area contributed by atoms with E-state index in [0.29, 0.717) is 31.9 Å². The lowest BCUT2D eigenvalue weighted by Gasteiger charge is -2.20. The third kappa shape index (κ3) is 11.0. The number of benzene rings is 1. The number of unbranched alkanes of at least 4 members (excludes halogenated alkanes) is 1. The quantitative estimate of drug-likeness (QED) is 0.133. The summed E-state index contributed by atoms with van der Waals surface area (Å²) in [6.45, 7) is 1.77. The van der Waals surface area contributed by atoms with Crippen molar-refractivity contribution < 1.29 is 32.8 Å². The topological polar surface area (TPSA) is 200 Å². The summed E-state index contributed by atoms with van der Waals surface area (Å²) in [5.41, 5.74) is 16.0. The van der Waals surface area contributed by atoms with Gasteiger partial charge in [0, 0.05) is 24.1 Å². The lowest BCUT2D eigenvalue weighted by Crippen LogP contribution is -2.52. The highest BCUT2D eigenvalue weighted by atomic mass is 19.1. The van der Waals surface area contributed by atoms with Crippen molar-refractivity contribution in [3.05, 3.63) is 41.5 Å². The van der Waals surface area contributed by atoms with E-state index in [4.69, 9.17) is 17.2 Å². The van der Waals surface area contributed by atoms with Crippen LogP contribution in [0, 0.1) is 11.6 Å². The van der Waals surface area contributed by atoms with Gasteiger partial charge < -0.3 is 33.2 Å². The van der Waals surface area contributed by atoms with Gasteiger partial charge in [0.1, 0.15) is 29.8 Å². The molecule has 0 saturated heterocycles. The third-order valence-electron chi connectivity index (χ3n) is 5.07. The SMILES string of the molecule is CC(NC(=O)/C=C/c1ccc(F)cc1F)C(=O)N[C@@H](CCC(=O)NC(CCCCN)C(N)=O)C(N)=O. The van der Waals surface area contributed by atoms with Gasteiger partial charge in [-0.1, -0.05) is 0 Å². The first-order chi connectivity index (χ1) is 16.9. The molecule has 11 nitrogen and oxygen atoms in total. The zero-order valence-corrected chi connectivity index (χ0v) is 19.9. The molecule has 13 heteroatoms. The molecular weight excluding hydrogens is 478 g/mol. The zero-order chi connectivity index (χ0) is 27.3. The summed E-state index contributed by atoms with van der Waals surface area (Å²) in [5, 5.41) is 7.15. The fraction of sp³-hybridized carbons (Fsp3) is 0.435. The van der Waals surface area contributed by atoms with E-state index in [0.717, 1.165) is 24.3 Å². The summed E-state index contributed by atoms with van der Waals surface area (Å²) in [4.78, 5) is 59.9. The molecule has 0 fully saturated rings. The van der Waals surface area contributed by atoms with Gasteiger partial charge in [-0.2, -0.15) is 0 Å². The van der Waals surface area contributed by atoms with Crippen molar-refractivity contribution in [3.8, 4) is 0 Å². The van der Waals surface area contributed by atoms with Gasteiger partial charge in [0.25, 0.3) is 0 Å². The highest BCUT2D eigenvalue weighted by molar-refractivity contribution is 5.96. The normalized spacial score (nSPS) is 13.4. The summed E-state index contributed by atoms with van der Waals surface area (Å²) in [6.07, 6.45) is 3.22. The second-order valence-corrected chi connectivity index (χ2v) is 8.04. The lowest BCUT2D eigenvalue weighted by atomic mass is 10.1. The van der Waals surface area contributed by atoms with Gasteiger partial charge in [-0.15, -0.1) is 0 Å². The Hall–Kier alpha value is -3.87. The van der Waals surface area contributed by atoms with Crippen molar-refractivity contribution in [2.75, 3.05) is 6.54 Å². The fourth-order valence-corrected chi connectivity index (χ4v) is 3.03. The van der Waals surface area contributed by atoms with Crippen LogP contribution in [-0.4, -0.2) is 54.2 Å². The molecule has 9 N–H and O–H groups in total. The predicted octanol–water partition coefficient (Wildman–Crippen LogP) is -0.668. The molecule has 2 unspecified atom stereocenters. The van der Waals surface area contributed by atoms with E-state index < -0.39 is 59.3 Å². The Morgan fingerprint density at radius 3 is 2.17 bits per heavy atom. The number of amides is 5. The molecular formula is C23H32F2N6O5. The molecule has 0 bridgehead atoms. The van der Waals surface area contributed by atoms with Crippen molar-refractivity contribution in [3.63, 3.8) is 0 Å². The number of hydrogen-bond acceptors (Lipinski definition) is 6. The highest BCUT2D eigenvalue weighted by Crippen LogP contribution is 2.11. The Bertz CT molecular complexity index is 988. The van der Waals surface area contributed by atoms with Gasteiger partial charge in [0.2, 0.25) is 29.5 Å². The largest absolute Gasteiger partial charge is 0.368 e. The summed E-state index contributed by atoms with van der Waals surface area (Å²) >= 11 is 0. The van der Waals surface area contributed by atoms with Crippen molar-refractivity contribution in [1.29, 1.82) is 0 Å². The summed E-state index contributed by atoms with van der Waals surface area (Å²) < 4.78 is 26.6. The molecule has 0 spiro atoms. The number of halogens is 2. The minimum Gasteiger partial charge on any atom is -0.368 e. The van der Waals surface area contributed by atoms with Gasteiger partial charge in [0.05, 0.1) is 0 Å². The van der Waals surface area contributed by atoms with E-state index >= 15 is 0 Å². The molecule has 1 rings (SSSR count). The van der Waals surface area contributed by atoms with Crippen LogP contribution in [0.25, 0.3) is 6.08 Å². The maximum Gasteiger partial charge on any atom is 0.244 e. The van der Waals surface area contributed by atoms with Crippen molar-refractivity contribution in [2.24, 2.45) is 17.2 Å². The van der Waals surface area contributed by atoms with E-state index in [1.165, 1.54) is 6.92 Å². The minimum atomic E-state index is -1.23. The molecule has 0 saturated carbocycles. The Labute approximate surface area is 207 Å². The molecule has 0 radical (unpaired) electrons. The van der Waals surface area contributed by atoms with E-state index in [2.05, 4.69) is 16.0 Å². The first-order valence-corrected chi connectivity index (χ1v) is 11.3. The van der Waals surface area contributed by atoms with Crippen molar-refractivity contribution in [1.82, 2.24) is 16.0 Å². The molecule has 198 valence electrons. The van der Waals surface area contributed by atoms with Crippen LogP contribution in [0.5, 0.6) is 0 Å².